The van der Waals surface area contributed by atoms with E-state index in [9.17, 15) is 4.79 Å². The molecule has 4 rings (SSSR count). The van der Waals surface area contributed by atoms with Crippen LogP contribution in [0.1, 0.15) is 22.3 Å². The van der Waals surface area contributed by atoms with Gasteiger partial charge in [-0.25, -0.2) is 4.79 Å². The van der Waals surface area contributed by atoms with Gasteiger partial charge in [0.15, 0.2) is 5.16 Å². The van der Waals surface area contributed by atoms with E-state index in [0.29, 0.717) is 11.3 Å². The second-order valence-electron chi connectivity index (χ2n) is 6.65. The summed E-state index contributed by atoms with van der Waals surface area (Å²) >= 11 is 1.55. The van der Waals surface area contributed by atoms with Gasteiger partial charge in [0.05, 0.1) is 5.69 Å². The molecule has 0 radical (unpaired) electrons. The third-order valence-electron chi connectivity index (χ3n) is 4.47. The predicted molar refractivity (Wildman–Crippen MR) is 108 cm³/mol. The molecule has 0 N–H and O–H groups in total. The summed E-state index contributed by atoms with van der Waals surface area (Å²) in [5, 5.41) is 10.1. The molecule has 0 atom stereocenters. The highest BCUT2D eigenvalue weighted by molar-refractivity contribution is 7.98. The van der Waals surface area contributed by atoms with Crippen molar-refractivity contribution in [2.24, 2.45) is 0 Å². The van der Waals surface area contributed by atoms with Crippen LogP contribution >= 0.6 is 11.8 Å². The largest absolute Gasteiger partial charge is 0.423 e. The van der Waals surface area contributed by atoms with E-state index < -0.39 is 0 Å². The van der Waals surface area contributed by atoms with Gasteiger partial charge in [0.2, 0.25) is 0 Å². The van der Waals surface area contributed by atoms with E-state index >= 15 is 0 Å². The maximum atomic E-state index is 11.9. The van der Waals surface area contributed by atoms with Crippen molar-refractivity contribution in [3.63, 3.8) is 0 Å². The van der Waals surface area contributed by atoms with Crippen LogP contribution in [-0.4, -0.2) is 14.8 Å². The maximum Gasteiger partial charge on any atom is 0.336 e. The Kier molecular flexibility index (Phi) is 4.58. The SMILES string of the molecule is Cc1ccc(-n2cnnc2SCc2cc(=O)oc3cc(C)ccc23)c(C)c1. The average molecular weight is 377 g/mol. The summed E-state index contributed by atoms with van der Waals surface area (Å²) in [5.41, 5.74) is 5.72. The lowest BCUT2D eigenvalue weighted by Gasteiger charge is -2.10. The van der Waals surface area contributed by atoms with Crippen molar-refractivity contribution in [3.8, 4) is 5.69 Å². The molecule has 0 aliphatic carbocycles. The van der Waals surface area contributed by atoms with Crippen molar-refractivity contribution in [1.29, 1.82) is 0 Å². The molecule has 27 heavy (non-hydrogen) atoms. The molecule has 0 amide bonds. The minimum absolute atomic E-state index is 0.334. The fraction of sp³-hybridized carbons (Fsp3) is 0.190. The first-order valence-electron chi connectivity index (χ1n) is 8.65. The lowest BCUT2D eigenvalue weighted by Crippen LogP contribution is -2.01. The van der Waals surface area contributed by atoms with E-state index in [4.69, 9.17) is 4.42 Å². The third kappa shape index (κ3) is 3.53. The number of rotatable bonds is 4. The number of fused-ring (bicyclic) bond motifs is 1. The molecule has 4 aromatic rings. The van der Waals surface area contributed by atoms with Crippen LogP contribution in [0.25, 0.3) is 16.7 Å². The Labute approximate surface area is 161 Å². The van der Waals surface area contributed by atoms with Gasteiger partial charge in [0.25, 0.3) is 0 Å². The number of hydrogen-bond donors (Lipinski definition) is 0. The maximum absolute atomic E-state index is 11.9. The lowest BCUT2D eigenvalue weighted by atomic mass is 10.1. The summed E-state index contributed by atoms with van der Waals surface area (Å²) in [5.74, 6) is 0.606. The van der Waals surface area contributed by atoms with Gasteiger partial charge in [-0.1, -0.05) is 41.6 Å². The molecule has 2 aromatic carbocycles. The van der Waals surface area contributed by atoms with Gasteiger partial charge in [-0.2, -0.15) is 0 Å². The summed E-state index contributed by atoms with van der Waals surface area (Å²) in [4.78, 5) is 11.9. The Hall–Kier alpha value is -2.86. The number of hydrogen-bond acceptors (Lipinski definition) is 5. The van der Waals surface area contributed by atoms with Crippen molar-refractivity contribution in [2.45, 2.75) is 31.7 Å². The number of benzene rings is 2. The van der Waals surface area contributed by atoms with E-state index in [1.54, 1.807) is 24.2 Å². The average Bonchev–Trinajstić information content (AvgIpc) is 3.07. The molecule has 0 saturated carbocycles. The van der Waals surface area contributed by atoms with Gasteiger partial charge in [0, 0.05) is 17.2 Å². The molecule has 0 aliphatic rings. The Morgan fingerprint density at radius 1 is 1.04 bits per heavy atom. The summed E-state index contributed by atoms with van der Waals surface area (Å²) in [7, 11) is 0. The van der Waals surface area contributed by atoms with Crippen LogP contribution < -0.4 is 5.63 Å². The molecule has 2 heterocycles. The highest BCUT2D eigenvalue weighted by Crippen LogP contribution is 2.28. The third-order valence-corrected chi connectivity index (χ3v) is 5.46. The van der Waals surface area contributed by atoms with E-state index in [0.717, 1.165) is 32.9 Å². The summed E-state index contributed by atoms with van der Waals surface area (Å²) in [6.07, 6.45) is 1.72. The van der Waals surface area contributed by atoms with E-state index in [1.165, 1.54) is 5.56 Å². The molecular weight excluding hydrogens is 358 g/mol. The van der Waals surface area contributed by atoms with Crippen LogP contribution in [0.2, 0.25) is 0 Å². The molecule has 0 fully saturated rings. The van der Waals surface area contributed by atoms with Crippen molar-refractivity contribution in [3.05, 3.63) is 81.5 Å². The van der Waals surface area contributed by atoms with E-state index in [1.807, 2.05) is 29.7 Å². The zero-order chi connectivity index (χ0) is 19.0. The lowest BCUT2D eigenvalue weighted by molar-refractivity contribution is 0.559. The van der Waals surface area contributed by atoms with Crippen LogP contribution in [-0.2, 0) is 5.75 Å². The molecule has 136 valence electrons. The second-order valence-corrected chi connectivity index (χ2v) is 7.59. The van der Waals surface area contributed by atoms with Crippen LogP contribution in [0.3, 0.4) is 0 Å². The number of thioether (sulfide) groups is 1. The zero-order valence-electron chi connectivity index (χ0n) is 15.4. The van der Waals surface area contributed by atoms with Crippen LogP contribution in [0.15, 0.2) is 63.2 Å². The van der Waals surface area contributed by atoms with Crippen molar-refractivity contribution in [1.82, 2.24) is 14.8 Å². The number of aromatic nitrogens is 3. The zero-order valence-corrected chi connectivity index (χ0v) is 16.2. The second kappa shape index (κ2) is 7.04. The Balaban J connectivity index is 1.67. The van der Waals surface area contributed by atoms with E-state index in [-0.39, 0.29) is 5.63 Å². The van der Waals surface area contributed by atoms with Crippen molar-refractivity contribution < 1.29 is 4.42 Å². The van der Waals surface area contributed by atoms with Gasteiger partial charge in [-0.05, 0) is 49.6 Å². The number of aryl methyl sites for hydroxylation is 3. The minimum Gasteiger partial charge on any atom is -0.423 e. The first-order valence-corrected chi connectivity index (χ1v) is 9.63. The fourth-order valence-corrected chi connectivity index (χ4v) is 4.08. The van der Waals surface area contributed by atoms with Gasteiger partial charge >= 0.3 is 5.63 Å². The van der Waals surface area contributed by atoms with Crippen LogP contribution in [0.4, 0.5) is 0 Å². The van der Waals surface area contributed by atoms with Crippen LogP contribution in [0, 0.1) is 20.8 Å². The van der Waals surface area contributed by atoms with Crippen molar-refractivity contribution in [2.75, 3.05) is 0 Å². The fourth-order valence-electron chi connectivity index (χ4n) is 3.16. The molecule has 5 nitrogen and oxygen atoms in total. The van der Waals surface area contributed by atoms with Gasteiger partial charge in [-0.15, -0.1) is 10.2 Å². The normalized spacial score (nSPS) is 11.2. The first kappa shape index (κ1) is 17.5. The van der Waals surface area contributed by atoms with E-state index in [2.05, 4.69) is 42.2 Å². The molecule has 0 saturated heterocycles. The van der Waals surface area contributed by atoms with Gasteiger partial charge in [-0.3, -0.25) is 4.57 Å². The molecule has 0 spiro atoms. The van der Waals surface area contributed by atoms with Crippen LogP contribution in [0.5, 0.6) is 0 Å². The smallest absolute Gasteiger partial charge is 0.336 e. The Morgan fingerprint density at radius 2 is 1.81 bits per heavy atom. The highest BCUT2D eigenvalue weighted by atomic mass is 32.2. The standard InChI is InChI=1S/C21H19N3O2S/c1-13-5-7-18(15(3)8-13)24-12-22-23-21(24)27-11-16-10-20(25)26-19-9-14(2)4-6-17(16)19/h4-10,12H,11H2,1-3H3. The quantitative estimate of drug-likeness (QED) is 0.384. The molecule has 0 aliphatic heterocycles. The van der Waals surface area contributed by atoms with Gasteiger partial charge in [0.1, 0.15) is 11.9 Å². The number of nitrogens with zero attached hydrogens (tertiary/aromatic N) is 3. The Morgan fingerprint density at radius 3 is 2.63 bits per heavy atom. The summed E-state index contributed by atoms with van der Waals surface area (Å²) in [6, 6.07) is 13.8. The monoisotopic (exact) mass is 377 g/mol. The predicted octanol–water partition coefficient (Wildman–Crippen LogP) is 4.59. The summed E-state index contributed by atoms with van der Waals surface area (Å²) < 4.78 is 7.33. The first-order chi connectivity index (χ1) is 13.0. The topological polar surface area (TPSA) is 60.9 Å². The molecule has 0 bridgehead atoms. The van der Waals surface area contributed by atoms with Crippen molar-refractivity contribution >= 4 is 22.7 Å². The molecule has 6 heteroatoms. The Bertz CT molecular complexity index is 1190. The minimum atomic E-state index is -0.334. The molecule has 2 aromatic heterocycles. The molecule has 0 unspecified atom stereocenters. The molecular formula is C21H19N3O2S. The highest BCUT2D eigenvalue weighted by Gasteiger charge is 2.12. The van der Waals surface area contributed by atoms with Gasteiger partial charge < -0.3 is 4.42 Å². The summed E-state index contributed by atoms with van der Waals surface area (Å²) in [6.45, 7) is 6.13.